The number of carbonyl (C=O) groups is 1. The van der Waals surface area contributed by atoms with Crippen molar-refractivity contribution in [3.63, 3.8) is 0 Å². The number of aliphatic hydroxyl groups is 1. The first-order valence-corrected chi connectivity index (χ1v) is 5.66. The minimum Gasteiger partial charge on any atom is -0.507 e. The number of ether oxygens (including phenoxy) is 1. The van der Waals surface area contributed by atoms with Crippen LogP contribution in [0.25, 0.3) is 10.8 Å². The number of benzene rings is 2. The Kier molecular flexibility index (Phi) is 2.27. The normalized spacial score (nSPS) is 17.3. The van der Waals surface area contributed by atoms with Gasteiger partial charge in [0, 0.05) is 10.8 Å². The zero-order chi connectivity index (χ0) is 14.8. The predicted octanol–water partition coefficient (Wildman–Crippen LogP) is 1.13. The molecule has 0 bridgehead atoms. The van der Waals surface area contributed by atoms with E-state index in [0.29, 0.717) is 5.56 Å². The number of aliphatic hydroxyl groups excluding tert-OH is 1. The van der Waals surface area contributed by atoms with Gasteiger partial charge in [0.25, 0.3) is 0 Å². The summed E-state index contributed by atoms with van der Waals surface area (Å²) in [6, 6.07) is 1.22. The van der Waals surface area contributed by atoms with Gasteiger partial charge in [-0.05, 0) is 18.6 Å². The maximum atomic E-state index is 11.8. The van der Waals surface area contributed by atoms with Crippen molar-refractivity contribution in [2.75, 3.05) is 0 Å². The van der Waals surface area contributed by atoms with Gasteiger partial charge < -0.3 is 30.3 Å². The molecular formula is C13H10O7. The number of hydrogen-bond acceptors (Lipinski definition) is 7. The standard InChI is InChI=1S/C13H10O7/c1-3-2-4(14)6-7-5(3)9(15)11(17)10(16)8(7)13(19)20-12(6)18/h2,13-17,19H,1H3. The van der Waals surface area contributed by atoms with Gasteiger partial charge in [-0.2, -0.15) is 0 Å². The highest BCUT2D eigenvalue weighted by Crippen LogP contribution is 2.52. The van der Waals surface area contributed by atoms with E-state index in [1.54, 1.807) is 0 Å². The SMILES string of the molecule is Cc1cc(O)c2c3c(c(O)c(O)c(O)c13)C(O)OC2=O. The highest BCUT2D eigenvalue weighted by atomic mass is 16.6. The van der Waals surface area contributed by atoms with Crippen LogP contribution in [0.5, 0.6) is 23.0 Å². The zero-order valence-corrected chi connectivity index (χ0v) is 10.2. The third-order valence-corrected chi connectivity index (χ3v) is 3.38. The van der Waals surface area contributed by atoms with Crippen LogP contribution in [0.15, 0.2) is 6.07 Å². The maximum absolute atomic E-state index is 11.8. The van der Waals surface area contributed by atoms with E-state index in [0.717, 1.165) is 0 Å². The second-order valence-corrected chi connectivity index (χ2v) is 4.55. The van der Waals surface area contributed by atoms with Crippen molar-refractivity contribution in [3.8, 4) is 23.0 Å². The Labute approximate surface area is 111 Å². The molecule has 0 saturated heterocycles. The molecule has 0 aromatic heterocycles. The Balaban J connectivity index is 2.68. The third-order valence-electron chi connectivity index (χ3n) is 3.38. The first-order valence-electron chi connectivity index (χ1n) is 5.66. The molecule has 1 aliphatic heterocycles. The molecule has 2 aromatic rings. The van der Waals surface area contributed by atoms with Crippen molar-refractivity contribution >= 4 is 16.7 Å². The molecule has 1 atom stereocenters. The average Bonchev–Trinajstić information content (AvgIpc) is 2.34. The molecule has 5 N–H and O–H groups in total. The quantitative estimate of drug-likeness (QED) is 0.361. The molecule has 2 aromatic carbocycles. The fourth-order valence-corrected chi connectivity index (χ4v) is 2.52. The maximum Gasteiger partial charge on any atom is 0.345 e. The molecule has 0 amide bonds. The summed E-state index contributed by atoms with van der Waals surface area (Å²) in [5.74, 6) is -3.66. The highest BCUT2D eigenvalue weighted by Gasteiger charge is 2.36. The van der Waals surface area contributed by atoms with Gasteiger partial charge in [0.05, 0.1) is 5.56 Å². The molecule has 7 nitrogen and oxygen atoms in total. The van der Waals surface area contributed by atoms with Crippen LogP contribution in [0.4, 0.5) is 0 Å². The summed E-state index contributed by atoms with van der Waals surface area (Å²) in [6.07, 6.45) is -1.80. The molecule has 0 saturated carbocycles. The zero-order valence-electron chi connectivity index (χ0n) is 10.2. The van der Waals surface area contributed by atoms with Gasteiger partial charge >= 0.3 is 5.97 Å². The summed E-state index contributed by atoms with van der Waals surface area (Å²) >= 11 is 0. The lowest BCUT2D eigenvalue weighted by atomic mass is 9.91. The summed E-state index contributed by atoms with van der Waals surface area (Å²) in [5.41, 5.74) is -0.197. The van der Waals surface area contributed by atoms with E-state index in [1.807, 2.05) is 0 Å². The molecular weight excluding hydrogens is 268 g/mol. The number of cyclic esters (lactones) is 1. The first kappa shape index (κ1) is 12.4. The van der Waals surface area contributed by atoms with E-state index in [-0.39, 0.29) is 21.9 Å². The molecule has 1 unspecified atom stereocenters. The Morgan fingerprint density at radius 2 is 1.70 bits per heavy atom. The molecule has 3 rings (SSSR count). The smallest absolute Gasteiger partial charge is 0.345 e. The average molecular weight is 278 g/mol. The lowest BCUT2D eigenvalue weighted by molar-refractivity contribution is -0.0698. The van der Waals surface area contributed by atoms with Crippen molar-refractivity contribution in [3.05, 3.63) is 22.8 Å². The van der Waals surface area contributed by atoms with Crippen LogP contribution in [0, 0.1) is 6.92 Å². The van der Waals surface area contributed by atoms with E-state index >= 15 is 0 Å². The summed E-state index contributed by atoms with van der Waals surface area (Å²) < 4.78 is 4.60. The molecule has 1 heterocycles. The van der Waals surface area contributed by atoms with E-state index in [1.165, 1.54) is 13.0 Å². The van der Waals surface area contributed by atoms with Crippen LogP contribution in [0.3, 0.4) is 0 Å². The van der Waals surface area contributed by atoms with Gasteiger partial charge in [-0.3, -0.25) is 0 Å². The number of phenols is 4. The first-order chi connectivity index (χ1) is 9.34. The molecule has 104 valence electrons. The molecule has 7 heteroatoms. The Hall–Kier alpha value is -2.67. The second-order valence-electron chi connectivity index (χ2n) is 4.55. The lowest BCUT2D eigenvalue weighted by Gasteiger charge is -2.25. The second kappa shape index (κ2) is 3.67. The van der Waals surface area contributed by atoms with E-state index in [9.17, 15) is 30.3 Å². The van der Waals surface area contributed by atoms with Crippen molar-refractivity contribution in [2.45, 2.75) is 13.2 Å². The van der Waals surface area contributed by atoms with Crippen molar-refractivity contribution in [2.24, 2.45) is 0 Å². The summed E-state index contributed by atoms with van der Waals surface area (Å²) in [7, 11) is 0. The van der Waals surface area contributed by atoms with Crippen LogP contribution < -0.4 is 0 Å². The minimum absolute atomic E-state index is 0.0425. The van der Waals surface area contributed by atoms with Crippen LogP contribution in [-0.2, 0) is 4.74 Å². The number of aryl methyl sites for hydroxylation is 1. The van der Waals surface area contributed by atoms with Gasteiger partial charge in [-0.1, -0.05) is 0 Å². The lowest BCUT2D eigenvalue weighted by Crippen LogP contribution is -2.18. The van der Waals surface area contributed by atoms with Gasteiger partial charge in [0.15, 0.2) is 11.5 Å². The van der Waals surface area contributed by atoms with Gasteiger partial charge in [-0.25, -0.2) is 4.79 Å². The number of aromatic hydroxyl groups is 4. The summed E-state index contributed by atoms with van der Waals surface area (Å²) in [5, 5.41) is 49.1. The van der Waals surface area contributed by atoms with Crippen LogP contribution >= 0.6 is 0 Å². The van der Waals surface area contributed by atoms with Crippen molar-refractivity contribution in [1.29, 1.82) is 0 Å². The molecule has 0 aliphatic carbocycles. The Morgan fingerprint density at radius 1 is 1.05 bits per heavy atom. The predicted molar refractivity (Wildman–Crippen MR) is 65.7 cm³/mol. The van der Waals surface area contributed by atoms with Gasteiger partial charge in [0.2, 0.25) is 12.0 Å². The Morgan fingerprint density at radius 3 is 2.35 bits per heavy atom. The molecule has 1 aliphatic rings. The monoisotopic (exact) mass is 278 g/mol. The summed E-state index contributed by atoms with van der Waals surface area (Å²) in [6.45, 7) is 1.53. The topological polar surface area (TPSA) is 127 Å². The van der Waals surface area contributed by atoms with E-state index < -0.39 is 35.3 Å². The molecule has 0 spiro atoms. The minimum atomic E-state index is -1.80. The number of rotatable bonds is 0. The Bertz CT molecular complexity index is 779. The fourth-order valence-electron chi connectivity index (χ4n) is 2.52. The van der Waals surface area contributed by atoms with Crippen molar-refractivity contribution in [1.82, 2.24) is 0 Å². The number of carbonyl (C=O) groups excluding carboxylic acids is 1. The van der Waals surface area contributed by atoms with E-state index in [4.69, 9.17) is 0 Å². The molecule has 0 fully saturated rings. The number of hydrogen-bond donors (Lipinski definition) is 5. The molecule has 0 radical (unpaired) electrons. The number of esters is 1. The highest BCUT2D eigenvalue weighted by molar-refractivity contribution is 6.13. The van der Waals surface area contributed by atoms with E-state index in [2.05, 4.69) is 4.74 Å². The van der Waals surface area contributed by atoms with Crippen LogP contribution in [0.1, 0.15) is 27.8 Å². The van der Waals surface area contributed by atoms with Crippen LogP contribution in [-0.4, -0.2) is 31.5 Å². The summed E-state index contributed by atoms with van der Waals surface area (Å²) in [4.78, 5) is 11.8. The van der Waals surface area contributed by atoms with Gasteiger partial charge in [-0.15, -0.1) is 0 Å². The number of phenolic OH excluding ortho intramolecular Hbond substituents is 4. The third kappa shape index (κ3) is 1.29. The van der Waals surface area contributed by atoms with Crippen molar-refractivity contribution < 1.29 is 35.1 Å². The van der Waals surface area contributed by atoms with Gasteiger partial charge in [0.1, 0.15) is 11.3 Å². The molecule has 20 heavy (non-hydrogen) atoms. The van der Waals surface area contributed by atoms with Crippen LogP contribution in [0.2, 0.25) is 0 Å². The largest absolute Gasteiger partial charge is 0.507 e. The fraction of sp³-hybridized carbons (Fsp3) is 0.154.